The van der Waals surface area contributed by atoms with E-state index in [9.17, 15) is 9.90 Å². The predicted molar refractivity (Wildman–Crippen MR) is 96.8 cm³/mol. The zero-order valence-corrected chi connectivity index (χ0v) is 13.8. The van der Waals surface area contributed by atoms with E-state index in [2.05, 4.69) is 0 Å². The summed E-state index contributed by atoms with van der Waals surface area (Å²) in [4.78, 5) is 11.6. The SMILES string of the molecule is CCOC(=O)/C(O)=C/c1cc(-c2ccccc2)c(-c2ccccc2)o1. The maximum absolute atomic E-state index is 11.6. The van der Waals surface area contributed by atoms with E-state index in [4.69, 9.17) is 9.15 Å². The molecule has 0 saturated carbocycles. The van der Waals surface area contributed by atoms with Crippen molar-refractivity contribution in [1.82, 2.24) is 0 Å². The molecule has 0 aliphatic carbocycles. The lowest BCUT2D eigenvalue weighted by atomic mass is 10.0. The van der Waals surface area contributed by atoms with Gasteiger partial charge in [0.15, 0.2) is 0 Å². The summed E-state index contributed by atoms with van der Waals surface area (Å²) >= 11 is 0. The van der Waals surface area contributed by atoms with Crippen LogP contribution in [0.1, 0.15) is 12.7 Å². The molecule has 0 aliphatic rings. The van der Waals surface area contributed by atoms with Crippen molar-refractivity contribution in [2.45, 2.75) is 6.92 Å². The maximum atomic E-state index is 11.6. The number of carbonyl (C=O) groups excluding carboxylic acids is 1. The second-order valence-electron chi connectivity index (χ2n) is 5.37. The predicted octanol–water partition coefficient (Wildman–Crippen LogP) is 5.08. The number of furan rings is 1. The van der Waals surface area contributed by atoms with Gasteiger partial charge in [-0.3, -0.25) is 0 Å². The molecule has 4 heteroatoms. The number of aliphatic hydroxyl groups is 1. The van der Waals surface area contributed by atoms with E-state index in [-0.39, 0.29) is 6.61 Å². The molecule has 0 amide bonds. The van der Waals surface area contributed by atoms with Gasteiger partial charge in [0, 0.05) is 17.2 Å². The van der Waals surface area contributed by atoms with E-state index in [1.165, 1.54) is 6.08 Å². The number of carbonyl (C=O) groups is 1. The third-order valence-corrected chi connectivity index (χ3v) is 3.64. The van der Waals surface area contributed by atoms with Crippen LogP contribution in [-0.2, 0) is 9.53 Å². The topological polar surface area (TPSA) is 59.7 Å². The summed E-state index contributed by atoms with van der Waals surface area (Å²) in [6, 6.07) is 21.3. The molecule has 0 fully saturated rings. The van der Waals surface area contributed by atoms with Crippen LogP contribution >= 0.6 is 0 Å². The zero-order valence-electron chi connectivity index (χ0n) is 13.8. The second kappa shape index (κ2) is 7.53. The van der Waals surface area contributed by atoms with Crippen LogP contribution in [0.15, 0.2) is 76.9 Å². The molecule has 126 valence electrons. The summed E-state index contributed by atoms with van der Waals surface area (Å²) in [5, 5.41) is 9.87. The summed E-state index contributed by atoms with van der Waals surface area (Å²) in [5.41, 5.74) is 2.78. The largest absolute Gasteiger partial charge is 0.502 e. The molecule has 0 spiro atoms. The fourth-order valence-corrected chi connectivity index (χ4v) is 2.52. The Bertz CT molecular complexity index is 820. The Morgan fingerprint density at radius 3 is 2.24 bits per heavy atom. The highest BCUT2D eigenvalue weighted by molar-refractivity contribution is 5.91. The lowest BCUT2D eigenvalue weighted by Crippen LogP contribution is -2.06. The zero-order chi connectivity index (χ0) is 17.6. The molecule has 0 aliphatic heterocycles. The summed E-state index contributed by atoms with van der Waals surface area (Å²) in [6.07, 6.45) is 1.27. The second-order valence-corrected chi connectivity index (χ2v) is 5.37. The fraction of sp³-hybridized carbons (Fsp3) is 0.0952. The highest BCUT2D eigenvalue weighted by atomic mass is 16.5. The van der Waals surface area contributed by atoms with Crippen LogP contribution in [0.5, 0.6) is 0 Å². The smallest absolute Gasteiger partial charge is 0.373 e. The van der Waals surface area contributed by atoms with Gasteiger partial charge in [0.05, 0.1) is 6.61 Å². The number of benzene rings is 2. The molecule has 1 heterocycles. The molecule has 0 radical (unpaired) electrons. The number of aliphatic hydroxyl groups excluding tert-OH is 1. The molecule has 0 unspecified atom stereocenters. The minimum atomic E-state index is -0.776. The molecule has 3 aromatic rings. The average molecular weight is 334 g/mol. The first-order valence-corrected chi connectivity index (χ1v) is 8.01. The summed E-state index contributed by atoms with van der Waals surface area (Å²) < 4.78 is 10.7. The van der Waals surface area contributed by atoms with E-state index in [1.807, 2.05) is 60.7 Å². The third-order valence-electron chi connectivity index (χ3n) is 3.64. The number of esters is 1. The van der Waals surface area contributed by atoms with Crippen molar-refractivity contribution in [2.24, 2.45) is 0 Å². The normalized spacial score (nSPS) is 11.3. The van der Waals surface area contributed by atoms with Crippen LogP contribution in [0.3, 0.4) is 0 Å². The van der Waals surface area contributed by atoms with Crippen molar-refractivity contribution in [2.75, 3.05) is 6.61 Å². The Labute approximate surface area is 146 Å². The molecule has 1 N–H and O–H groups in total. The minimum Gasteiger partial charge on any atom is -0.502 e. The quantitative estimate of drug-likeness (QED) is 0.402. The first-order valence-electron chi connectivity index (χ1n) is 8.01. The lowest BCUT2D eigenvalue weighted by Gasteiger charge is -2.02. The van der Waals surface area contributed by atoms with Crippen molar-refractivity contribution >= 4 is 12.0 Å². The summed E-state index contributed by atoms with van der Waals surface area (Å²) in [7, 11) is 0. The van der Waals surface area contributed by atoms with E-state index < -0.39 is 11.7 Å². The molecule has 25 heavy (non-hydrogen) atoms. The van der Waals surface area contributed by atoms with Crippen LogP contribution in [0.25, 0.3) is 28.5 Å². The van der Waals surface area contributed by atoms with Gasteiger partial charge in [-0.15, -0.1) is 0 Å². The van der Waals surface area contributed by atoms with Gasteiger partial charge in [0.25, 0.3) is 0 Å². The van der Waals surface area contributed by atoms with Crippen molar-refractivity contribution in [3.63, 3.8) is 0 Å². The standard InChI is InChI=1S/C21H18O4/c1-2-24-21(23)19(22)14-17-13-18(15-9-5-3-6-10-15)20(25-17)16-11-7-4-8-12-16/h3-14,22H,2H2,1H3/b19-14-. The van der Waals surface area contributed by atoms with Crippen LogP contribution < -0.4 is 0 Å². The highest BCUT2D eigenvalue weighted by Gasteiger charge is 2.16. The summed E-state index contributed by atoms with van der Waals surface area (Å²) in [6.45, 7) is 1.87. The summed E-state index contributed by atoms with van der Waals surface area (Å²) in [5.74, 6) is -0.214. The van der Waals surface area contributed by atoms with Gasteiger partial charge in [-0.2, -0.15) is 0 Å². The number of rotatable bonds is 5. The maximum Gasteiger partial charge on any atom is 0.373 e. The van der Waals surface area contributed by atoms with Crippen molar-refractivity contribution < 1.29 is 19.1 Å². The first-order chi connectivity index (χ1) is 12.2. The molecule has 0 bridgehead atoms. The monoisotopic (exact) mass is 334 g/mol. The van der Waals surface area contributed by atoms with Crippen molar-refractivity contribution in [3.05, 3.63) is 78.2 Å². The van der Waals surface area contributed by atoms with Gasteiger partial charge in [-0.25, -0.2) is 4.79 Å². The highest BCUT2D eigenvalue weighted by Crippen LogP contribution is 2.35. The number of hydrogen-bond acceptors (Lipinski definition) is 4. The Kier molecular flexibility index (Phi) is 5.00. The minimum absolute atomic E-state index is 0.194. The van der Waals surface area contributed by atoms with Crippen molar-refractivity contribution in [3.8, 4) is 22.5 Å². The lowest BCUT2D eigenvalue weighted by molar-refractivity contribution is -0.141. The van der Waals surface area contributed by atoms with Gasteiger partial charge >= 0.3 is 5.97 Å². The fourth-order valence-electron chi connectivity index (χ4n) is 2.52. The molecular weight excluding hydrogens is 316 g/mol. The van der Waals surface area contributed by atoms with Gasteiger partial charge in [-0.05, 0) is 18.6 Å². The number of hydrogen-bond donors (Lipinski definition) is 1. The van der Waals surface area contributed by atoms with Crippen LogP contribution in [0, 0.1) is 0 Å². The first kappa shape index (κ1) is 16.6. The Morgan fingerprint density at radius 1 is 1.04 bits per heavy atom. The van der Waals surface area contributed by atoms with E-state index in [0.717, 1.165) is 16.7 Å². The third kappa shape index (κ3) is 3.80. The van der Waals surface area contributed by atoms with Crippen LogP contribution in [-0.4, -0.2) is 17.7 Å². The molecular formula is C21H18O4. The van der Waals surface area contributed by atoms with Gasteiger partial charge < -0.3 is 14.3 Å². The van der Waals surface area contributed by atoms with E-state index in [0.29, 0.717) is 11.5 Å². The molecule has 2 aromatic carbocycles. The van der Waals surface area contributed by atoms with Crippen LogP contribution in [0.4, 0.5) is 0 Å². The average Bonchev–Trinajstić information content (AvgIpc) is 3.07. The van der Waals surface area contributed by atoms with E-state index in [1.54, 1.807) is 13.0 Å². The number of ether oxygens (including phenoxy) is 1. The molecule has 3 rings (SSSR count). The Hall–Kier alpha value is -3.27. The molecule has 0 saturated heterocycles. The van der Waals surface area contributed by atoms with E-state index >= 15 is 0 Å². The van der Waals surface area contributed by atoms with Crippen molar-refractivity contribution in [1.29, 1.82) is 0 Å². The Morgan fingerprint density at radius 2 is 1.64 bits per heavy atom. The Balaban J connectivity index is 2.07. The van der Waals surface area contributed by atoms with Gasteiger partial charge in [0.1, 0.15) is 11.5 Å². The van der Waals surface area contributed by atoms with Crippen LogP contribution in [0.2, 0.25) is 0 Å². The molecule has 0 atom stereocenters. The molecule has 1 aromatic heterocycles. The van der Waals surface area contributed by atoms with Gasteiger partial charge in [-0.1, -0.05) is 60.7 Å². The van der Waals surface area contributed by atoms with Gasteiger partial charge in [0.2, 0.25) is 5.76 Å². The molecule has 4 nitrogen and oxygen atoms in total.